The van der Waals surface area contributed by atoms with E-state index in [-0.39, 0.29) is 0 Å². The van der Waals surface area contributed by atoms with E-state index in [0.29, 0.717) is 5.69 Å². The zero-order valence-electron chi connectivity index (χ0n) is 12.8. The quantitative estimate of drug-likeness (QED) is 0.749. The van der Waals surface area contributed by atoms with Crippen LogP contribution in [-0.2, 0) is 9.59 Å². The highest BCUT2D eigenvalue weighted by Gasteiger charge is 2.20. The van der Waals surface area contributed by atoms with E-state index in [4.69, 9.17) is 0 Å². The largest absolute Gasteiger partial charge is 0.386 e. The molecule has 2 amide bonds. The van der Waals surface area contributed by atoms with Gasteiger partial charge in [0.15, 0.2) is 0 Å². The molecular formula is C17H16F2N2O3. The van der Waals surface area contributed by atoms with Gasteiger partial charge >= 0.3 is 11.8 Å². The molecule has 2 rings (SSSR count). The highest BCUT2D eigenvalue weighted by Crippen LogP contribution is 2.20. The van der Waals surface area contributed by atoms with Crippen molar-refractivity contribution in [3.8, 4) is 0 Å². The molecule has 0 bridgehead atoms. The summed E-state index contributed by atoms with van der Waals surface area (Å²) in [5, 5.41) is 14.4. The second-order valence-corrected chi connectivity index (χ2v) is 5.13. The molecule has 0 heterocycles. The Morgan fingerprint density at radius 2 is 1.67 bits per heavy atom. The highest BCUT2D eigenvalue weighted by atomic mass is 19.1. The number of halogens is 2. The Balaban J connectivity index is 1.95. The Morgan fingerprint density at radius 1 is 1.04 bits per heavy atom. The van der Waals surface area contributed by atoms with Crippen LogP contribution in [0.1, 0.15) is 17.2 Å². The maximum Gasteiger partial charge on any atom is 0.313 e. The van der Waals surface area contributed by atoms with Crippen molar-refractivity contribution in [3.63, 3.8) is 0 Å². The number of aryl methyl sites for hydroxylation is 1. The third kappa shape index (κ3) is 4.14. The van der Waals surface area contributed by atoms with Crippen LogP contribution in [0, 0.1) is 18.6 Å². The lowest BCUT2D eigenvalue weighted by atomic mass is 10.1. The number of aliphatic hydroxyl groups excluding tert-OH is 1. The molecule has 0 aliphatic carbocycles. The molecule has 1 unspecified atom stereocenters. The number of aliphatic hydroxyl groups is 1. The predicted molar refractivity (Wildman–Crippen MR) is 84.1 cm³/mol. The Bertz CT molecular complexity index is 745. The first-order valence-corrected chi connectivity index (χ1v) is 7.17. The van der Waals surface area contributed by atoms with Crippen LogP contribution in [0.5, 0.6) is 0 Å². The SMILES string of the molecule is Cc1ccccc1NC(=O)C(=O)NCC(O)c1c(F)cccc1F. The van der Waals surface area contributed by atoms with Crippen molar-refractivity contribution in [2.75, 3.05) is 11.9 Å². The lowest BCUT2D eigenvalue weighted by molar-refractivity contribution is -0.136. The van der Waals surface area contributed by atoms with E-state index in [9.17, 15) is 23.5 Å². The summed E-state index contributed by atoms with van der Waals surface area (Å²) in [4.78, 5) is 23.5. The summed E-state index contributed by atoms with van der Waals surface area (Å²) in [7, 11) is 0. The third-order valence-electron chi connectivity index (χ3n) is 3.39. The minimum Gasteiger partial charge on any atom is -0.386 e. The zero-order chi connectivity index (χ0) is 17.7. The first-order valence-electron chi connectivity index (χ1n) is 7.17. The standard InChI is InChI=1S/C17H16F2N2O3/c1-10-5-2-3-8-13(10)21-17(24)16(23)20-9-14(22)15-11(18)6-4-7-12(15)19/h2-8,14,22H,9H2,1H3,(H,20,23)(H,21,24). The molecule has 3 N–H and O–H groups in total. The molecule has 0 spiro atoms. The van der Waals surface area contributed by atoms with Gasteiger partial charge in [-0.2, -0.15) is 0 Å². The van der Waals surface area contributed by atoms with Gasteiger partial charge in [0.2, 0.25) is 0 Å². The van der Waals surface area contributed by atoms with Crippen molar-refractivity contribution < 1.29 is 23.5 Å². The summed E-state index contributed by atoms with van der Waals surface area (Å²) >= 11 is 0. The fourth-order valence-electron chi connectivity index (χ4n) is 2.09. The van der Waals surface area contributed by atoms with Gasteiger partial charge in [-0.05, 0) is 30.7 Å². The molecule has 0 aliphatic rings. The molecule has 2 aromatic rings. The van der Waals surface area contributed by atoms with Crippen molar-refractivity contribution >= 4 is 17.5 Å². The van der Waals surface area contributed by atoms with Gasteiger partial charge in [0.1, 0.15) is 17.7 Å². The van der Waals surface area contributed by atoms with E-state index in [1.165, 1.54) is 0 Å². The van der Waals surface area contributed by atoms with E-state index >= 15 is 0 Å². The van der Waals surface area contributed by atoms with E-state index in [1.54, 1.807) is 31.2 Å². The van der Waals surface area contributed by atoms with Crippen LogP contribution in [-0.4, -0.2) is 23.5 Å². The Kier molecular flexibility index (Phi) is 5.59. The first kappa shape index (κ1) is 17.6. The van der Waals surface area contributed by atoms with E-state index in [1.807, 2.05) is 0 Å². The first-order chi connectivity index (χ1) is 11.4. The number of carbonyl (C=O) groups is 2. The number of para-hydroxylation sites is 1. The normalized spacial score (nSPS) is 11.7. The van der Waals surface area contributed by atoms with Crippen LogP contribution < -0.4 is 10.6 Å². The van der Waals surface area contributed by atoms with Crippen LogP contribution in [0.2, 0.25) is 0 Å². The lowest BCUT2D eigenvalue weighted by Gasteiger charge is -2.14. The number of carbonyl (C=O) groups excluding carboxylic acids is 2. The smallest absolute Gasteiger partial charge is 0.313 e. The lowest BCUT2D eigenvalue weighted by Crippen LogP contribution is -2.38. The molecule has 0 saturated heterocycles. The summed E-state index contributed by atoms with van der Waals surface area (Å²) in [5.41, 5.74) is 0.683. The Labute approximate surface area is 137 Å². The van der Waals surface area contributed by atoms with Crippen molar-refractivity contribution in [1.82, 2.24) is 5.32 Å². The summed E-state index contributed by atoms with van der Waals surface area (Å²) in [6.45, 7) is 1.26. The Hall–Kier alpha value is -2.80. The van der Waals surface area contributed by atoms with Crippen molar-refractivity contribution in [3.05, 3.63) is 65.2 Å². The molecule has 0 fully saturated rings. The summed E-state index contributed by atoms with van der Waals surface area (Å²) in [6.07, 6.45) is -1.61. The van der Waals surface area contributed by atoms with Gasteiger partial charge in [0, 0.05) is 12.2 Å². The molecule has 7 heteroatoms. The van der Waals surface area contributed by atoms with Gasteiger partial charge in [-0.15, -0.1) is 0 Å². The number of benzene rings is 2. The van der Waals surface area contributed by atoms with Crippen LogP contribution in [0.4, 0.5) is 14.5 Å². The van der Waals surface area contributed by atoms with Crippen molar-refractivity contribution in [2.45, 2.75) is 13.0 Å². The number of rotatable bonds is 4. The van der Waals surface area contributed by atoms with Gasteiger partial charge < -0.3 is 15.7 Å². The molecule has 1 atom stereocenters. The molecule has 0 aliphatic heterocycles. The minimum atomic E-state index is -1.61. The summed E-state index contributed by atoms with van der Waals surface area (Å²) in [6, 6.07) is 10.0. The fourth-order valence-corrected chi connectivity index (χ4v) is 2.09. The maximum atomic E-state index is 13.5. The molecule has 126 valence electrons. The van der Waals surface area contributed by atoms with E-state index < -0.39 is 41.7 Å². The third-order valence-corrected chi connectivity index (χ3v) is 3.39. The van der Waals surface area contributed by atoms with Crippen molar-refractivity contribution in [2.24, 2.45) is 0 Å². The van der Waals surface area contributed by atoms with Gasteiger partial charge in [-0.1, -0.05) is 24.3 Å². The van der Waals surface area contributed by atoms with E-state index in [0.717, 1.165) is 23.8 Å². The van der Waals surface area contributed by atoms with Gasteiger partial charge in [-0.3, -0.25) is 9.59 Å². The van der Waals surface area contributed by atoms with Crippen LogP contribution >= 0.6 is 0 Å². The molecule has 0 saturated carbocycles. The maximum absolute atomic E-state index is 13.5. The van der Waals surface area contributed by atoms with Crippen LogP contribution in [0.3, 0.4) is 0 Å². The van der Waals surface area contributed by atoms with Crippen LogP contribution in [0.25, 0.3) is 0 Å². The van der Waals surface area contributed by atoms with Crippen LogP contribution in [0.15, 0.2) is 42.5 Å². The molecule has 0 radical (unpaired) electrons. The topological polar surface area (TPSA) is 78.4 Å². The highest BCUT2D eigenvalue weighted by molar-refractivity contribution is 6.39. The molecule has 24 heavy (non-hydrogen) atoms. The molecule has 5 nitrogen and oxygen atoms in total. The molecular weight excluding hydrogens is 318 g/mol. The van der Waals surface area contributed by atoms with Gasteiger partial charge in [-0.25, -0.2) is 8.78 Å². The number of anilines is 1. The number of hydrogen-bond donors (Lipinski definition) is 3. The predicted octanol–water partition coefficient (Wildman–Crippen LogP) is 2.06. The second-order valence-electron chi connectivity index (χ2n) is 5.13. The minimum absolute atomic E-state index is 0.471. The van der Waals surface area contributed by atoms with Crippen molar-refractivity contribution in [1.29, 1.82) is 0 Å². The number of amides is 2. The number of nitrogens with one attached hydrogen (secondary N) is 2. The second kappa shape index (κ2) is 7.65. The monoisotopic (exact) mass is 334 g/mol. The summed E-state index contributed by atoms with van der Waals surface area (Å²) in [5.74, 6) is -3.82. The average molecular weight is 334 g/mol. The number of hydrogen-bond acceptors (Lipinski definition) is 3. The molecule has 0 aromatic heterocycles. The summed E-state index contributed by atoms with van der Waals surface area (Å²) < 4.78 is 27.0. The molecule has 2 aromatic carbocycles. The van der Waals surface area contributed by atoms with E-state index in [2.05, 4.69) is 10.6 Å². The zero-order valence-corrected chi connectivity index (χ0v) is 12.8. The van der Waals surface area contributed by atoms with Gasteiger partial charge in [0.05, 0.1) is 5.56 Å². The average Bonchev–Trinajstić information content (AvgIpc) is 2.54. The van der Waals surface area contributed by atoms with Gasteiger partial charge in [0.25, 0.3) is 0 Å². The Morgan fingerprint density at radius 3 is 2.29 bits per heavy atom. The fraction of sp³-hybridized carbons (Fsp3) is 0.176.